The van der Waals surface area contributed by atoms with Gasteiger partial charge in [-0.15, -0.1) is 0 Å². The minimum atomic E-state index is -0.184. The van der Waals surface area contributed by atoms with Crippen LogP contribution in [0.25, 0.3) is 0 Å². The van der Waals surface area contributed by atoms with Crippen LogP contribution in [-0.4, -0.2) is 19.1 Å². The molecule has 2 rings (SSSR count). The molecule has 4 heteroatoms. The predicted molar refractivity (Wildman–Crippen MR) is 101 cm³/mol. The Morgan fingerprint density at radius 3 is 2.24 bits per heavy atom. The van der Waals surface area contributed by atoms with Crippen molar-refractivity contribution >= 4 is 11.6 Å². The van der Waals surface area contributed by atoms with Gasteiger partial charge in [0.05, 0.1) is 6.61 Å². The molecule has 0 aromatic heterocycles. The van der Waals surface area contributed by atoms with Crippen LogP contribution >= 0.6 is 0 Å². The zero-order valence-electron chi connectivity index (χ0n) is 15.5. The number of ether oxygens (including phenoxy) is 2. The van der Waals surface area contributed by atoms with Gasteiger partial charge in [-0.05, 0) is 61.6 Å². The number of para-hydroxylation sites is 1. The Morgan fingerprint density at radius 1 is 1.00 bits per heavy atom. The average molecular weight is 341 g/mol. The molecule has 134 valence electrons. The summed E-state index contributed by atoms with van der Waals surface area (Å²) in [5.41, 5.74) is 2.78. The van der Waals surface area contributed by atoms with Crippen LogP contribution < -0.4 is 14.8 Å². The molecule has 0 aliphatic rings. The van der Waals surface area contributed by atoms with E-state index < -0.39 is 0 Å². The fraction of sp³-hybridized carbons (Fsp3) is 0.381. The highest BCUT2D eigenvalue weighted by molar-refractivity contribution is 5.91. The zero-order chi connectivity index (χ0) is 18.2. The maximum absolute atomic E-state index is 12.1. The van der Waals surface area contributed by atoms with Gasteiger partial charge in [0, 0.05) is 5.69 Å². The fourth-order valence-electron chi connectivity index (χ4n) is 2.41. The second-order valence-corrected chi connectivity index (χ2v) is 6.61. The number of rotatable bonds is 8. The maximum atomic E-state index is 12.1. The van der Waals surface area contributed by atoms with Crippen LogP contribution in [0.1, 0.15) is 31.4 Å². The monoisotopic (exact) mass is 341 g/mol. The topological polar surface area (TPSA) is 47.6 Å². The zero-order valence-corrected chi connectivity index (χ0v) is 15.5. The summed E-state index contributed by atoms with van der Waals surface area (Å²) in [4.78, 5) is 12.1. The molecule has 1 N–H and O–H groups in total. The van der Waals surface area contributed by atoms with Crippen LogP contribution in [-0.2, 0) is 4.79 Å². The standard InChI is InChI=1S/C21H27NO3/c1-15(2)12-13-24-19-10-8-18(9-11-19)22-20(23)14-25-21-16(3)6-5-7-17(21)4/h5-11,15H,12-14H2,1-4H3,(H,22,23). The molecule has 0 atom stereocenters. The Balaban J connectivity index is 1.82. The van der Waals surface area contributed by atoms with Gasteiger partial charge in [0.15, 0.2) is 6.61 Å². The number of hydrogen-bond acceptors (Lipinski definition) is 3. The van der Waals surface area contributed by atoms with E-state index >= 15 is 0 Å². The minimum Gasteiger partial charge on any atom is -0.494 e. The lowest BCUT2D eigenvalue weighted by Gasteiger charge is -2.12. The van der Waals surface area contributed by atoms with E-state index in [9.17, 15) is 4.79 Å². The van der Waals surface area contributed by atoms with Gasteiger partial charge in [-0.1, -0.05) is 32.0 Å². The molecule has 0 aliphatic carbocycles. The molecule has 0 unspecified atom stereocenters. The summed E-state index contributed by atoms with van der Waals surface area (Å²) in [5, 5.41) is 2.83. The van der Waals surface area contributed by atoms with Crippen LogP contribution in [0.5, 0.6) is 11.5 Å². The highest BCUT2D eigenvalue weighted by Crippen LogP contribution is 2.22. The molecule has 0 fully saturated rings. The number of hydrogen-bond donors (Lipinski definition) is 1. The van der Waals surface area contributed by atoms with E-state index in [-0.39, 0.29) is 12.5 Å². The van der Waals surface area contributed by atoms with E-state index in [0.717, 1.165) is 34.7 Å². The first-order valence-electron chi connectivity index (χ1n) is 8.67. The van der Waals surface area contributed by atoms with Crippen LogP contribution in [0.3, 0.4) is 0 Å². The molecule has 0 saturated heterocycles. The second-order valence-electron chi connectivity index (χ2n) is 6.61. The van der Waals surface area contributed by atoms with E-state index in [2.05, 4.69) is 19.2 Å². The van der Waals surface area contributed by atoms with Crippen molar-refractivity contribution < 1.29 is 14.3 Å². The van der Waals surface area contributed by atoms with Gasteiger partial charge in [0.2, 0.25) is 0 Å². The van der Waals surface area contributed by atoms with Crippen LogP contribution in [0.2, 0.25) is 0 Å². The summed E-state index contributed by atoms with van der Waals surface area (Å²) in [7, 11) is 0. The number of aryl methyl sites for hydroxylation is 2. The van der Waals surface area contributed by atoms with Gasteiger partial charge in [0.25, 0.3) is 5.91 Å². The Bertz CT molecular complexity index is 673. The summed E-state index contributed by atoms with van der Waals surface area (Å²) in [6.07, 6.45) is 1.02. The first kappa shape index (κ1) is 18.8. The highest BCUT2D eigenvalue weighted by Gasteiger charge is 2.08. The molecule has 1 amide bonds. The molecule has 0 heterocycles. The lowest BCUT2D eigenvalue weighted by Crippen LogP contribution is -2.20. The van der Waals surface area contributed by atoms with Gasteiger partial charge in [-0.2, -0.15) is 0 Å². The third-order valence-electron chi connectivity index (χ3n) is 3.86. The van der Waals surface area contributed by atoms with Crippen molar-refractivity contribution in [3.8, 4) is 11.5 Å². The third kappa shape index (κ3) is 6.14. The molecule has 2 aromatic carbocycles. The van der Waals surface area contributed by atoms with Crippen molar-refractivity contribution in [2.24, 2.45) is 5.92 Å². The Kier molecular flexibility index (Phi) is 6.87. The smallest absolute Gasteiger partial charge is 0.262 e. The number of amides is 1. The molecule has 0 spiro atoms. The summed E-state index contributed by atoms with van der Waals surface area (Å²) in [5.74, 6) is 2.02. The van der Waals surface area contributed by atoms with Crippen molar-refractivity contribution in [1.82, 2.24) is 0 Å². The van der Waals surface area contributed by atoms with Crippen molar-refractivity contribution in [2.45, 2.75) is 34.1 Å². The van der Waals surface area contributed by atoms with Crippen molar-refractivity contribution in [2.75, 3.05) is 18.5 Å². The van der Waals surface area contributed by atoms with Crippen molar-refractivity contribution in [1.29, 1.82) is 0 Å². The molecule has 0 saturated carbocycles. The van der Waals surface area contributed by atoms with Gasteiger partial charge in [0.1, 0.15) is 11.5 Å². The van der Waals surface area contributed by atoms with E-state index in [0.29, 0.717) is 12.5 Å². The molecule has 0 aliphatic heterocycles. The Labute approximate surface area is 150 Å². The number of benzene rings is 2. The van der Waals surface area contributed by atoms with Crippen LogP contribution in [0.4, 0.5) is 5.69 Å². The molecule has 2 aromatic rings. The van der Waals surface area contributed by atoms with Gasteiger partial charge in [-0.25, -0.2) is 0 Å². The molecular formula is C21H27NO3. The maximum Gasteiger partial charge on any atom is 0.262 e. The first-order chi connectivity index (χ1) is 12.0. The number of carbonyl (C=O) groups excluding carboxylic acids is 1. The highest BCUT2D eigenvalue weighted by atomic mass is 16.5. The summed E-state index contributed by atoms with van der Waals surface area (Å²) in [6.45, 7) is 8.97. The first-order valence-corrected chi connectivity index (χ1v) is 8.67. The third-order valence-corrected chi connectivity index (χ3v) is 3.86. The Hall–Kier alpha value is -2.49. The molecule has 0 bridgehead atoms. The quantitative estimate of drug-likeness (QED) is 0.754. The average Bonchev–Trinajstić information content (AvgIpc) is 2.56. The van der Waals surface area contributed by atoms with E-state index in [1.807, 2.05) is 56.3 Å². The van der Waals surface area contributed by atoms with Gasteiger partial charge >= 0.3 is 0 Å². The summed E-state index contributed by atoms with van der Waals surface area (Å²) >= 11 is 0. The summed E-state index contributed by atoms with van der Waals surface area (Å²) < 4.78 is 11.3. The van der Waals surface area contributed by atoms with Crippen molar-refractivity contribution in [3.05, 3.63) is 53.6 Å². The molecule has 4 nitrogen and oxygen atoms in total. The number of anilines is 1. The van der Waals surface area contributed by atoms with E-state index in [1.54, 1.807) is 0 Å². The largest absolute Gasteiger partial charge is 0.494 e. The molecule has 0 radical (unpaired) electrons. The second kappa shape index (κ2) is 9.11. The molecular weight excluding hydrogens is 314 g/mol. The number of carbonyl (C=O) groups is 1. The summed E-state index contributed by atoms with van der Waals surface area (Å²) in [6, 6.07) is 13.3. The normalized spacial score (nSPS) is 10.6. The lowest BCUT2D eigenvalue weighted by molar-refractivity contribution is -0.118. The Morgan fingerprint density at radius 2 is 1.64 bits per heavy atom. The molecule has 25 heavy (non-hydrogen) atoms. The minimum absolute atomic E-state index is 0.0155. The van der Waals surface area contributed by atoms with Crippen LogP contribution in [0.15, 0.2) is 42.5 Å². The van der Waals surface area contributed by atoms with Gasteiger partial charge in [-0.3, -0.25) is 4.79 Å². The fourth-order valence-corrected chi connectivity index (χ4v) is 2.41. The van der Waals surface area contributed by atoms with Gasteiger partial charge < -0.3 is 14.8 Å². The van der Waals surface area contributed by atoms with E-state index in [4.69, 9.17) is 9.47 Å². The van der Waals surface area contributed by atoms with E-state index in [1.165, 1.54) is 0 Å². The lowest BCUT2D eigenvalue weighted by atomic mass is 10.1. The number of nitrogens with one attached hydrogen (secondary N) is 1. The van der Waals surface area contributed by atoms with Crippen molar-refractivity contribution in [3.63, 3.8) is 0 Å². The SMILES string of the molecule is Cc1cccc(C)c1OCC(=O)Nc1ccc(OCCC(C)C)cc1. The predicted octanol–water partition coefficient (Wildman–Crippen LogP) is 4.75. The van der Waals surface area contributed by atoms with Crippen LogP contribution in [0, 0.1) is 19.8 Å².